The molecule has 0 bridgehead atoms. The molecule has 3 aliphatic heterocycles. The van der Waals surface area contributed by atoms with Crippen LogP contribution >= 0.6 is 0 Å². The number of hydrogen-bond acceptors (Lipinski definition) is 15. The van der Waals surface area contributed by atoms with Crippen LogP contribution in [0.15, 0.2) is 24.3 Å². The monoisotopic (exact) mass is 938 g/mol. The van der Waals surface area contributed by atoms with Gasteiger partial charge in [-0.15, -0.1) is 0 Å². The number of benzene rings is 1. The maximum Gasteiger partial charge on any atom is 0.335 e. The number of carboxylic acid groups (broad SMARTS) is 1. The maximum atomic E-state index is 14.6. The lowest BCUT2D eigenvalue weighted by Crippen LogP contribution is -2.70. The fraction of sp³-hybridized carbons (Fsp3) is 0.840. The van der Waals surface area contributed by atoms with Gasteiger partial charge in [0.2, 0.25) is 0 Å². The molecule has 1 aromatic rings. The van der Waals surface area contributed by atoms with Crippen molar-refractivity contribution in [2.45, 2.75) is 206 Å². The number of esters is 1. The largest absolute Gasteiger partial charge is 0.478 e. The third kappa shape index (κ3) is 12.7. The van der Waals surface area contributed by atoms with Gasteiger partial charge in [0.25, 0.3) is 0 Å². The van der Waals surface area contributed by atoms with E-state index in [4.69, 9.17) is 28.4 Å². The summed E-state index contributed by atoms with van der Waals surface area (Å²) in [5.74, 6) is -3.60. The number of ether oxygens (including phenoxy) is 6. The standard InChI is InChI=1S/C50H87N3O13/c1-16-22-53-27-29(3)42(55)49(12,59)38(17-2)64-45(58)33(7)41(32(6)43(47(9,10)24-30(53)4)66-46-40(54)37(52(13)14)23-31(5)62-46)65-39-25-48(11,61-15)50(60,34(8)63-39)28-51-26-35-18-20-36(21-19-35)44(56)57/h18-21,29-34,37-43,46,51,54-55,59-60H,16-17,22-28H2,1-15H3,(H,56,57)/t29-,30+,31+,32-,33+,34-,37-,38+,39+,40+,41+,42+,43+,46-,48-,49+,50+/m0/s1. The molecule has 3 fully saturated rings. The smallest absolute Gasteiger partial charge is 0.335 e. The summed E-state index contributed by atoms with van der Waals surface area (Å²) in [7, 11) is 5.38. The Kier molecular flexibility index (Phi) is 19.7. The molecule has 0 amide bonds. The summed E-state index contributed by atoms with van der Waals surface area (Å²) < 4.78 is 39.5. The molecule has 16 heteroatoms. The van der Waals surface area contributed by atoms with Crippen molar-refractivity contribution in [2.24, 2.45) is 23.2 Å². The van der Waals surface area contributed by atoms with Crippen molar-refractivity contribution < 1.29 is 63.5 Å². The number of nitrogens with one attached hydrogen (secondary N) is 1. The number of carbonyl (C=O) groups excluding carboxylic acids is 1. The lowest BCUT2D eigenvalue weighted by Gasteiger charge is -2.54. The highest BCUT2D eigenvalue weighted by molar-refractivity contribution is 5.87. The van der Waals surface area contributed by atoms with Gasteiger partial charge in [0.1, 0.15) is 29.0 Å². The second-order valence-electron chi connectivity index (χ2n) is 21.3. The average molecular weight is 938 g/mol. The Balaban J connectivity index is 1.78. The van der Waals surface area contributed by atoms with E-state index in [1.165, 1.54) is 26.2 Å². The van der Waals surface area contributed by atoms with Gasteiger partial charge in [0, 0.05) is 51.2 Å². The van der Waals surface area contributed by atoms with Gasteiger partial charge in [-0.05, 0) is 117 Å². The normalized spacial score (nSPS) is 41.2. The maximum absolute atomic E-state index is 14.6. The molecule has 3 aliphatic rings. The Morgan fingerprint density at radius 2 is 1.59 bits per heavy atom. The van der Waals surface area contributed by atoms with Gasteiger partial charge in [-0.25, -0.2) is 4.79 Å². The van der Waals surface area contributed by atoms with E-state index in [2.05, 4.69) is 37.9 Å². The fourth-order valence-electron chi connectivity index (χ4n) is 11.0. The van der Waals surface area contributed by atoms with Crippen LogP contribution in [0.4, 0.5) is 0 Å². The van der Waals surface area contributed by atoms with E-state index in [0.717, 1.165) is 18.5 Å². The van der Waals surface area contributed by atoms with Gasteiger partial charge in [-0.1, -0.05) is 53.7 Å². The van der Waals surface area contributed by atoms with Crippen LogP contribution < -0.4 is 5.32 Å². The highest BCUT2D eigenvalue weighted by Crippen LogP contribution is 2.45. The van der Waals surface area contributed by atoms with Gasteiger partial charge in [-0.2, -0.15) is 0 Å². The molecular formula is C50H87N3O13. The minimum atomic E-state index is -1.78. The van der Waals surface area contributed by atoms with Crippen molar-refractivity contribution in [3.63, 3.8) is 0 Å². The van der Waals surface area contributed by atoms with Gasteiger partial charge in [0.05, 0.1) is 42.0 Å². The average Bonchev–Trinajstić information content (AvgIpc) is 3.25. The zero-order chi connectivity index (χ0) is 49.7. The molecule has 17 atom stereocenters. The van der Waals surface area contributed by atoms with Gasteiger partial charge in [-0.3, -0.25) is 4.79 Å². The number of hydrogen-bond donors (Lipinski definition) is 6. The molecular weight excluding hydrogens is 851 g/mol. The molecule has 0 aromatic heterocycles. The van der Waals surface area contributed by atoms with E-state index in [1.807, 2.05) is 46.7 Å². The number of rotatable bonds is 14. The Bertz CT molecular complexity index is 1700. The number of nitrogens with zero attached hydrogens (tertiary/aromatic N) is 2. The number of cyclic esters (lactones) is 1. The summed E-state index contributed by atoms with van der Waals surface area (Å²) in [5.41, 5.74) is -4.22. The minimum absolute atomic E-state index is 0.0226. The van der Waals surface area contributed by atoms with E-state index in [1.54, 1.807) is 32.9 Å². The van der Waals surface area contributed by atoms with Crippen molar-refractivity contribution in [3.8, 4) is 0 Å². The first-order valence-corrected chi connectivity index (χ1v) is 24.3. The third-order valence-electron chi connectivity index (χ3n) is 15.3. The third-order valence-corrected chi connectivity index (χ3v) is 15.3. The Hall–Kier alpha value is -2.32. The van der Waals surface area contributed by atoms with E-state index in [0.29, 0.717) is 25.9 Å². The van der Waals surface area contributed by atoms with E-state index in [9.17, 15) is 35.1 Å². The molecule has 3 saturated heterocycles. The van der Waals surface area contributed by atoms with Crippen LogP contribution in [0.1, 0.15) is 131 Å². The number of aliphatic hydroxyl groups excluding tert-OH is 2. The van der Waals surface area contributed by atoms with Crippen molar-refractivity contribution in [1.29, 1.82) is 0 Å². The van der Waals surface area contributed by atoms with E-state index < -0.39 is 95.2 Å². The number of carboxylic acids is 1. The Morgan fingerprint density at radius 1 is 0.955 bits per heavy atom. The first-order chi connectivity index (χ1) is 30.7. The molecule has 1 aromatic carbocycles. The molecule has 3 heterocycles. The summed E-state index contributed by atoms with van der Waals surface area (Å²) in [5, 5.41) is 60.7. The van der Waals surface area contributed by atoms with Crippen molar-refractivity contribution in [3.05, 3.63) is 35.4 Å². The fourth-order valence-corrected chi connectivity index (χ4v) is 11.0. The van der Waals surface area contributed by atoms with Crippen LogP contribution in [0.25, 0.3) is 0 Å². The number of aromatic carboxylic acids is 1. The Morgan fingerprint density at radius 3 is 2.15 bits per heavy atom. The van der Waals surface area contributed by atoms with Crippen LogP contribution in [-0.4, -0.2) is 172 Å². The number of likely N-dealkylation sites (N-methyl/N-ethyl adjacent to an activating group) is 1. The quantitative estimate of drug-likeness (QED) is 0.138. The first-order valence-electron chi connectivity index (χ1n) is 24.3. The molecule has 4 rings (SSSR count). The molecule has 0 aliphatic carbocycles. The van der Waals surface area contributed by atoms with E-state index in [-0.39, 0.29) is 49.1 Å². The molecule has 66 heavy (non-hydrogen) atoms. The number of methoxy groups -OCH3 is 1. The summed E-state index contributed by atoms with van der Waals surface area (Å²) in [6.07, 6.45) is -5.58. The van der Waals surface area contributed by atoms with Crippen LogP contribution in [0.3, 0.4) is 0 Å². The number of aliphatic hydroxyl groups is 4. The van der Waals surface area contributed by atoms with Crippen molar-refractivity contribution in [2.75, 3.05) is 40.8 Å². The van der Waals surface area contributed by atoms with Crippen LogP contribution in [-0.2, 0) is 39.8 Å². The van der Waals surface area contributed by atoms with Crippen molar-refractivity contribution in [1.82, 2.24) is 15.1 Å². The predicted octanol–water partition coefficient (Wildman–Crippen LogP) is 4.81. The summed E-state index contributed by atoms with van der Waals surface area (Å²) in [6, 6.07) is 6.24. The summed E-state index contributed by atoms with van der Waals surface area (Å²) >= 11 is 0. The van der Waals surface area contributed by atoms with Crippen LogP contribution in [0.5, 0.6) is 0 Å². The second-order valence-corrected chi connectivity index (χ2v) is 21.3. The van der Waals surface area contributed by atoms with Crippen LogP contribution in [0.2, 0.25) is 0 Å². The van der Waals surface area contributed by atoms with Crippen molar-refractivity contribution >= 4 is 11.9 Å². The second kappa shape index (κ2) is 23.1. The topological polar surface area (TPSA) is 209 Å². The molecule has 0 radical (unpaired) electrons. The molecule has 16 nitrogen and oxygen atoms in total. The molecule has 0 unspecified atom stereocenters. The molecule has 6 N–H and O–H groups in total. The zero-order valence-electron chi connectivity index (χ0n) is 42.7. The Labute approximate surface area is 395 Å². The molecule has 380 valence electrons. The zero-order valence-corrected chi connectivity index (χ0v) is 42.7. The summed E-state index contributed by atoms with van der Waals surface area (Å²) in [6.45, 7) is 24.6. The highest BCUT2D eigenvalue weighted by Gasteiger charge is 2.58. The van der Waals surface area contributed by atoms with Gasteiger partial charge < -0.3 is 69.1 Å². The predicted molar refractivity (Wildman–Crippen MR) is 251 cm³/mol. The van der Waals surface area contributed by atoms with Gasteiger partial charge >= 0.3 is 11.9 Å². The van der Waals surface area contributed by atoms with Crippen LogP contribution in [0, 0.1) is 23.2 Å². The van der Waals surface area contributed by atoms with E-state index >= 15 is 0 Å². The first kappa shape index (κ1) is 56.3. The molecule has 0 spiro atoms. The highest BCUT2D eigenvalue weighted by atomic mass is 16.7. The lowest BCUT2D eigenvalue weighted by molar-refractivity contribution is -0.334. The lowest BCUT2D eigenvalue weighted by atomic mass is 9.72. The SMILES string of the molecule is CCCN1C[C@H](C)[C@@H](O)[C@](C)(O)[C@@H](CC)OC(=O)[C@H](C)[C@H](O[C@@H]2C[C@](C)(OC)[C@@](O)(CNCc3ccc(C(=O)O)cc3)[C@H](C)O2)[C@H](C)[C@@H](O[C@@H]2O[C@H](C)C[C@H](N(C)C)[C@H]2O)C(C)(C)C[C@H]1C. The summed E-state index contributed by atoms with van der Waals surface area (Å²) in [4.78, 5) is 30.3. The molecule has 0 saturated carbocycles. The number of carbonyl (C=O) groups is 2. The van der Waals surface area contributed by atoms with Gasteiger partial charge in [0.15, 0.2) is 12.6 Å². The minimum Gasteiger partial charge on any atom is -0.478 e.